The number of para-hydroxylation sites is 1. The van der Waals surface area contributed by atoms with Crippen LogP contribution in [-0.4, -0.2) is 24.4 Å². The van der Waals surface area contributed by atoms with Gasteiger partial charge in [-0.3, -0.25) is 14.2 Å². The second kappa shape index (κ2) is 9.19. The van der Waals surface area contributed by atoms with Gasteiger partial charge in [-0.05, 0) is 48.5 Å². The molecule has 2 N–H and O–H groups in total. The summed E-state index contributed by atoms with van der Waals surface area (Å²) in [5.41, 5.74) is 2.38. The summed E-state index contributed by atoms with van der Waals surface area (Å²) < 4.78 is 17.7. The number of rotatable bonds is 7. The van der Waals surface area contributed by atoms with Gasteiger partial charge in [0, 0.05) is 34.9 Å². The van der Waals surface area contributed by atoms with Crippen LogP contribution < -0.4 is 30.4 Å². The number of amides is 1. The van der Waals surface area contributed by atoms with Crippen molar-refractivity contribution in [1.29, 1.82) is 0 Å². The molecule has 172 valence electrons. The molecular weight excluding hydrogens is 434 g/mol. The lowest BCUT2D eigenvalue weighted by Crippen LogP contribution is -2.30. The maximum atomic E-state index is 13.4. The Morgan fingerprint density at radius 1 is 0.971 bits per heavy atom. The molecule has 8 heteroatoms. The van der Waals surface area contributed by atoms with Crippen LogP contribution in [0.3, 0.4) is 0 Å². The molecule has 0 fully saturated rings. The highest BCUT2D eigenvalue weighted by Crippen LogP contribution is 2.36. The summed E-state index contributed by atoms with van der Waals surface area (Å²) in [5.74, 6) is 1.61. The van der Waals surface area contributed by atoms with E-state index < -0.39 is 0 Å². The molecule has 4 aromatic rings. The van der Waals surface area contributed by atoms with Crippen molar-refractivity contribution in [3.63, 3.8) is 0 Å². The molecule has 0 unspecified atom stereocenters. The van der Waals surface area contributed by atoms with Crippen molar-refractivity contribution in [3.8, 4) is 17.2 Å². The van der Waals surface area contributed by atoms with Crippen LogP contribution in [0, 0.1) is 0 Å². The largest absolute Gasteiger partial charge is 0.497 e. The summed E-state index contributed by atoms with van der Waals surface area (Å²) >= 11 is 0. The van der Waals surface area contributed by atoms with Crippen molar-refractivity contribution < 1.29 is 19.0 Å². The highest BCUT2D eigenvalue weighted by atomic mass is 16.7. The maximum Gasteiger partial charge on any atom is 0.256 e. The number of pyridine rings is 1. The van der Waals surface area contributed by atoms with Gasteiger partial charge in [-0.2, -0.15) is 0 Å². The Bertz CT molecular complexity index is 1400. The Hall–Kier alpha value is -4.46. The summed E-state index contributed by atoms with van der Waals surface area (Å²) in [6.45, 7) is 0.270. The first-order valence-corrected chi connectivity index (χ1v) is 10.8. The van der Waals surface area contributed by atoms with Gasteiger partial charge in [0.2, 0.25) is 12.7 Å². The van der Waals surface area contributed by atoms with E-state index in [1.54, 1.807) is 25.3 Å². The molecule has 0 aliphatic carbocycles. The molecule has 0 bridgehead atoms. The number of ether oxygens (including phenoxy) is 3. The number of methoxy groups -OCH3 is 1. The van der Waals surface area contributed by atoms with Crippen molar-refractivity contribution in [2.24, 2.45) is 0 Å². The number of hydrogen-bond acceptors (Lipinski definition) is 6. The van der Waals surface area contributed by atoms with E-state index in [9.17, 15) is 9.59 Å². The zero-order valence-corrected chi connectivity index (χ0v) is 18.5. The quantitative estimate of drug-likeness (QED) is 0.436. The molecule has 34 heavy (non-hydrogen) atoms. The van der Waals surface area contributed by atoms with Gasteiger partial charge in [-0.1, -0.05) is 18.2 Å². The average Bonchev–Trinajstić information content (AvgIpc) is 3.32. The summed E-state index contributed by atoms with van der Waals surface area (Å²) in [5, 5.41) is 6.89. The summed E-state index contributed by atoms with van der Waals surface area (Å²) in [6, 6.07) is 22.0. The van der Waals surface area contributed by atoms with Crippen molar-refractivity contribution >= 4 is 28.2 Å². The van der Waals surface area contributed by atoms with Crippen LogP contribution in [0.15, 0.2) is 77.6 Å². The highest BCUT2D eigenvalue weighted by Gasteiger charge is 2.19. The van der Waals surface area contributed by atoms with Crippen LogP contribution in [0.1, 0.15) is 5.56 Å². The second-order valence-electron chi connectivity index (χ2n) is 7.82. The van der Waals surface area contributed by atoms with E-state index in [1.165, 1.54) is 4.57 Å². The summed E-state index contributed by atoms with van der Waals surface area (Å²) in [7, 11) is 1.61. The van der Waals surface area contributed by atoms with Crippen molar-refractivity contribution in [2.75, 3.05) is 24.5 Å². The Labute approximate surface area is 195 Å². The maximum absolute atomic E-state index is 13.4. The minimum absolute atomic E-state index is 0.121. The smallest absolute Gasteiger partial charge is 0.256 e. The number of nitrogens with one attached hydrogen (secondary N) is 2. The van der Waals surface area contributed by atoms with E-state index in [-0.39, 0.29) is 31.3 Å². The first-order chi connectivity index (χ1) is 16.6. The monoisotopic (exact) mass is 457 g/mol. The van der Waals surface area contributed by atoms with Gasteiger partial charge in [0.1, 0.15) is 12.3 Å². The van der Waals surface area contributed by atoms with E-state index in [0.717, 1.165) is 16.8 Å². The lowest BCUT2D eigenvalue weighted by molar-refractivity contribution is -0.116. The van der Waals surface area contributed by atoms with Crippen molar-refractivity contribution in [1.82, 2.24) is 4.57 Å². The van der Waals surface area contributed by atoms with Gasteiger partial charge in [0.25, 0.3) is 5.56 Å². The van der Waals surface area contributed by atoms with Crippen LogP contribution >= 0.6 is 0 Å². The molecule has 3 aromatic carbocycles. The molecule has 1 aliphatic heterocycles. The zero-order valence-electron chi connectivity index (χ0n) is 18.5. The molecule has 0 spiro atoms. The minimum Gasteiger partial charge on any atom is -0.497 e. The van der Waals surface area contributed by atoms with Crippen LogP contribution in [0.4, 0.5) is 11.4 Å². The van der Waals surface area contributed by atoms with E-state index in [0.29, 0.717) is 28.3 Å². The SMILES string of the molecule is COc1ccc(NCc2cc3cc4c(cc3n(CC(=O)Nc3ccccc3)c2=O)OCO4)cc1. The molecule has 0 atom stereocenters. The minimum atomic E-state index is -0.299. The third-order valence-electron chi connectivity index (χ3n) is 5.59. The number of fused-ring (bicyclic) bond motifs is 2. The predicted octanol–water partition coefficient (Wildman–Crippen LogP) is 3.99. The third kappa shape index (κ3) is 4.38. The topological polar surface area (TPSA) is 90.8 Å². The van der Waals surface area contributed by atoms with E-state index in [1.807, 2.05) is 54.6 Å². The fraction of sp³-hybridized carbons (Fsp3) is 0.154. The molecule has 5 rings (SSSR count). The normalized spacial score (nSPS) is 11.9. The van der Waals surface area contributed by atoms with Gasteiger partial charge in [-0.25, -0.2) is 0 Å². The van der Waals surface area contributed by atoms with Gasteiger partial charge in [-0.15, -0.1) is 0 Å². The summed E-state index contributed by atoms with van der Waals surface area (Å²) in [4.78, 5) is 26.3. The molecular formula is C26H23N3O5. The number of nitrogens with zero attached hydrogens (tertiary/aromatic N) is 1. The van der Waals surface area contributed by atoms with E-state index >= 15 is 0 Å². The van der Waals surface area contributed by atoms with Crippen LogP contribution in [0.25, 0.3) is 10.9 Å². The van der Waals surface area contributed by atoms with Gasteiger partial charge >= 0.3 is 0 Å². The van der Waals surface area contributed by atoms with Crippen LogP contribution in [0.2, 0.25) is 0 Å². The third-order valence-corrected chi connectivity index (χ3v) is 5.59. The van der Waals surface area contributed by atoms with Crippen LogP contribution in [-0.2, 0) is 17.9 Å². The molecule has 0 saturated carbocycles. The summed E-state index contributed by atoms with van der Waals surface area (Å²) in [6.07, 6.45) is 0. The number of anilines is 2. The molecule has 0 radical (unpaired) electrons. The first kappa shape index (κ1) is 21.4. The Balaban J connectivity index is 1.48. The number of hydrogen-bond donors (Lipinski definition) is 2. The lowest BCUT2D eigenvalue weighted by Gasteiger charge is -2.15. The molecule has 1 aromatic heterocycles. The molecule has 8 nitrogen and oxygen atoms in total. The molecule has 2 heterocycles. The Morgan fingerprint density at radius 2 is 1.71 bits per heavy atom. The number of aromatic nitrogens is 1. The van der Waals surface area contributed by atoms with Gasteiger partial charge in [0.15, 0.2) is 11.5 Å². The zero-order chi connectivity index (χ0) is 23.5. The fourth-order valence-corrected chi connectivity index (χ4v) is 3.88. The van der Waals surface area contributed by atoms with E-state index in [2.05, 4.69) is 10.6 Å². The highest BCUT2D eigenvalue weighted by molar-refractivity contribution is 5.92. The number of carbonyl (C=O) groups is 1. The Kier molecular flexibility index (Phi) is 5.78. The molecule has 1 amide bonds. The van der Waals surface area contributed by atoms with Crippen molar-refractivity contribution in [3.05, 3.63) is 88.7 Å². The second-order valence-corrected chi connectivity index (χ2v) is 7.82. The predicted molar refractivity (Wildman–Crippen MR) is 130 cm³/mol. The number of benzene rings is 3. The van der Waals surface area contributed by atoms with E-state index in [4.69, 9.17) is 14.2 Å². The standard InChI is InChI=1S/C26H23N3O5/c1-32-21-9-7-19(8-10-21)27-14-18-11-17-12-23-24(34-16-33-23)13-22(17)29(26(18)31)15-25(30)28-20-5-3-2-4-6-20/h2-13,27H,14-16H2,1H3,(H,28,30). The molecule has 0 saturated heterocycles. The Morgan fingerprint density at radius 3 is 2.44 bits per heavy atom. The van der Waals surface area contributed by atoms with Crippen molar-refractivity contribution in [2.45, 2.75) is 13.1 Å². The van der Waals surface area contributed by atoms with Gasteiger partial charge in [0.05, 0.1) is 12.6 Å². The first-order valence-electron chi connectivity index (χ1n) is 10.8. The van der Waals surface area contributed by atoms with Gasteiger partial charge < -0.3 is 24.8 Å². The average molecular weight is 457 g/mol. The lowest BCUT2D eigenvalue weighted by atomic mass is 10.1. The molecule has 1 aliphatic rings. The number of carbonyl (C=O) groups excluding carboxylic acids is 1. The fourth-order valence-electron chi connectivity index (χ4n) is 3.88. The van der Waals surface area contributed by atoms with Crippen LogP contribution in [0.5, 0.6) is 17.2 Å².